The van der Waals surface area contributed by atoms with Crippen molar-refractivity contribution in [2.75, 3.05) is 0 Å². The molecule has 1 aromatic carbocycles. The molecule has 0 fully saturated rings. The van der Waals surface area contributed by atoms with Gasteiger partial charge >= 0.3 is 0 Å². The molecular weight excluding hydrogens is 222 g/mol. The summed E-state index contributed by atoms with van der Waals surface area (Å²) in [6, 6.07) is 9.61. The molecule has 2 aromatic heterocycles. The third kappa shape index (κ3) is 1.46. The number of fused-ring (bicyclic) bond motifs is 1. The predicted octanol–water partition coefficient (Wildman–Crippen LogP) is 3.28. The molecule has 0 saturated heterocycles. The third-order valence-corrected chi connectivity index (χ3v) is 2.69. The minimum atomic E-state index is 0.708. The normalized spacial score (nSPS) is 10.8. The molecule has 0 bridgehead atoms. The molecular formula is C12H8ClN3. The molecule has 0 unspecified atom stereocenters. The Bertz CT molecular complexity index is 645. The van der Waals surface area contributed by atoms with Crippen molar-refractivity contribution in [3.63, 3.8) is 0 Å². The van der Waals surface area contributed by atoms with E-state index >= 15 is 0 Å². The van der Waals surface area contributed by atoms with Gasteiger partial charge in [0.1, 0.15) is 12.0 Å². The Balaban J connectivity index is 2.29. The lowest BCUT2D eigenvalue weighted by molar-refractivity contribution is 1.20. The van der Waals surface area contributed by atoms with Crippen molar-refractivity contribution >= 4 is 22.6 Å². The van der Waals surface area contributed by atoms with Crippen LogP contribution in [0.2, 0.25) is 5.02 Å². The lowest BCUT2D eigenvalue weighted by Crippen LogP contribution is -1.86. The van der Waals surface area contributed by atoms with Crippen LogP contribution in [0.25, 0.3) is 22.3 Å². The molecule has 2 heterocycles. The molecule has 78 valence electrons. The second-order valence-electron chi connectivity index (χ2n) is 3.47. The second kappa shape index (κ2) is 3.61. The summed E-state index contributed by atoms with van der Waals surface area (Å²) in [5.41, 5.74) is 2.73. The van der Waals surface area contributed by atoms with Crippen LogP contribution in [-0.2, 0) is 0 Å². The van der Waals surface area contributed by atoms with Crippen LogP contribution in [0.15, 0.2) is 42.9 Å². The average molecular weight is 230 g/mol. The maximum Gasteiger partial charge on any atom is 0.141 e. The summed E-state index contributed by atoms with van der Waals surface area (Å²) in [5, 5.41) is 1.71. The molecule has 0 radical (unpaired) electrons. The third-order valence-electron chi connectivity index (χ3n) is 2.45. The fraction of sp³-hybridized carbons (Fsp3) is 0. The van der Waals surface area contributed by atoms with Crippen LogP contribution in [-0.4, -0.2) is 15.0 Å². The maximum atomic E-state index is 5.97. The molecule has 16 heavy (non-hydrogen) atoms. The number of benzene rings is 1. The molecule has 0 spiro atoms. The van der Waals surface area contributed by atoms with Crippen LogP contribution in [0.1, 0.15) is 0 Å². The van der Waals surface area contributed by atoms with E-state index in [1.165, 1.54) is 0 Å². The van der Waals surface area contributed by atoms with Crippen LogP contribution in [0.4, 0.5) is 0 Å². The maximum absolute atomic E-state index is 5.97. The fourth-order valence-corrected chi connectivity index (χ4v) is 1.93. The summed E-state index contributed by atoms with van der Waals surface area (Å²) in [4.78, 5) is 11.5. The number of aromatic nitrogens is 3. The van der Waals surface area contributed by atoms with Gasteiger partial charge in [-0.25, -0.2) is 9.97 Å². The van der Waals surface area contributed by atoms with E-state index in [1.54, 1.807) is 6.33 Å². The van der Waals surface area contributed by atoms with Crippen LogP contribution in [0, 0.1) is 0 Å². The monoisotopic (exact) mass is 229 g/mol. The summed E-state index contributed by atoms with van der Waals surface area (Å²) >= 11 is 5.97. The van der Waals surface area contributed by atoms with Gasteiger partial charge in [-0.15, -0.1) is 0 Å². The van der Waals surface area contributed by atoms with Crippen molar-refractivity contribution in [1.82, 2.24) is 15.0 Å². The Kier molecular flexibility index (Phi) is 2.11. The molecule has 0 aliphatic carbocycles. The van der Waals surface area contributed by atoms with Gasteiger partial charge < -0.3 is 4.98 Å². The number of H-pyrrole nitrogens is 1. The highest BCUT2D eigenvalue weighted by atomic mass is 35.5. The Labute approximate surface area is 97.1 Å². The van der Waals surface area contributed by atoms with Gasteiger partial charge in [-0.3, -0.25) is 0 Å². The van der Waals surface area contributed by atoms with Crippen molar-refractivity contribution in [3.05, 3.63) is 47.9 Å². The Morgan fingerprint density at radius 1 is 1.12 bits per heavy atom. The smallest absolute Gasteiger partial charge is 0.141 e. The van der Waals surface area contributed by atoms with Gasteiger partial charge in [-0.2, -0.15) is 0 Å². The molecule has 0 aliphatic rings. The van der Waals surface area contributed by atoms with Crippen LogP contribution < -0.4 is 0 Å². The first-order valence-corrected chi connectivity index (χ1v) is 5.26. The average Bonchev–Trinajstić information content (AvgIpc) is 2.76. The highest BCUT2D eigenvalue weighted by Gasteiger charge is 2.06. The number of aromatic amines is 1. The molecule has 3 aromatic rings. The fourth-order valence-electron chi connectivity index (χ4n) is 1.74. The number of nitrogens with zero attached hydrogens (tertiary/aromatic N) is 2. The summed E-state index contributed by atoms with van der Waals surface area (Å²) in [6.07, 6.45) is 3.41. The zero-order valence-electron chi connectivity index (χ0n) is 8.31. The molecule has 3 rings (SSSR count). The van der Waals surface area contributed by atoms with Gasteiger partial charge in [0.25, 0.3) is 0 Å². The molecule has 1 N–H and O–H groups in total. The molecule has 0 saturated carbocycles. The molecule has 0 amide bonds. The predicted molar refractivity (Wildman–Crippen MR) is 64.3 cm³/mol. The van der Waals surface area contributed by atoms with E-state index in [4.69, 9.17) is 11.6 Å². The second-order valence-corrected chi connectivity index (χ2v) is 3.91. The van der Waals surface area contributed by atoms with Gasteiger partial charge in [0.2, 0.25) is 0 Å². The number of halogens is 1. The molecule has 4 heteroatoms. The van der Waals surface area contributed by atoms with Gasteiger partial charge in [0.05, 0.1) is 5.69 Å². The van der Waals surface area contributed by atoms with E-state index < -0.39 is 0 Å². The van der Waals surface area contributed by atoms with Crippen LogP contribution in [0.5, 0.6) is 0 Å². The minimum absolute atomic E-state index is 0.708. The Hall–Kier alpha value is -1.87. The number of hydrogen-bond donors (Lipinski definition) is 1. The van der Waals surface area contributed by atoms with Crippen LogP contribution in [0.3, 0.4) is 0 Å². The lowest BCUT2D eigenvalue weighted by atomic mass is 10.1. The van der Waals surface area contributed by atoms with E-state index in [1.807, 2.05) is 36.5 Å². The van der Waals surface area contributed by atoms with Crippen molar-refractivity contribution < 1.29 is 0 Å². The summed E-state index contributed by atoms with van der Waals surface area (Å²) in [6.45, 7) is 0. The first-order chi connectivity index (χ1) is 7.84. The van der Waals surface area contributed by atoms with E-state index in [-0.39, 0.29) is 0 Å². The molecule has 0 aliphatic heterocycles. The van der Waals surface area contributed by atoms with Gasteiger partial charge in [0, 0.05) is 22.2 Å². The zero-order chi connectivity index (χ0) is 11.0. The summed E-state index contributed by atoms with van der Waals surface area (Å²) in [7, 11) is 0. The number of rotatable bonds is 1. The summed E-state index contributed by atoms with van der Waals surface area (Å²) < 4.78 is 0. The highest BCUT2D eigenvalue weighted by Crippen LogP contribution is 2.26. The van der Waals surface area contributed by atoms with E-state index in [0.29, 0.717) is 5.02 Å². The van der Waals surface area contributed by atoms with Gasteiger partial charge in [-0.05, 0) is 18.2 Å². The zero-order valence-corrected chi connectivity index (χ0v) is 9.07. The minimum Gasteiger partial charge on any atom is -0.346 e. The standard InChI is InChI=1S/C12H8ClN3/c13-9-3-1-2-8(6-9)11-10-4-5-14-12(10)16-7-15-11/h1-7H,(H,14,15,16). The number of hydrogen-bond acceptors (Lipinski definition) is 2. The number of nitrogens with one attached hydrogen (secondary N) is 1. The van der Waals surface area contributed by atoms with E-state index in [2.05, 4.69) is 15.0 Å². The Morgan fingerprint density at radius 2 is 2.06 bits per heavy atom. The Morgan fingerprint density at radius 3 is 2.94 bits per heavy atom. The van der Waals surface area contributed by atoms with Crippen molar-refractivity contribution in [1.29, 1.82) is 0 Å². The molecule has 3 nitrogen and oxygen atoms in total. The first kappa shape index (κ1) is 9.36. The first-order valence-electron chi connectivity index (χ1n) is 4.88. The highest BCUT2D eigenvalue weighted by molar-refractivity contribution is 6.30. The summed E-state index contributed by atoms with van der Waals surface area (Å²) in [5.74, 6) is 0. The topological polar surface area (TPSA) is 41.6 Å². The van der Waals surface area contributed by atoms with Crippen molar-refractivity contribution in [2.24, 2.45) is 0 Å². The SMILES string of the molecule is Clc1cccc(-c2ncnc3[nH]ccc23)c1. The largest absolute Gasteiger partial charge is 0.346 e. The molecule has 0 atom stereocenters. The van der Waals surface area contributed by atoms with Crippen molar-refractivity contribution in [2.45, 2.75) is 0 Å². The van der Waals surface area contributed by atoms with Crippen molar-refractivity contribution in [3.8, 4) is 11.3 Å². The van der Waals surface area contributed by atoms with Gasteiger partial charge in [-0.1, -0.05) is 23.7 Å². The quantitative estimate of drug-likeness (QED) is 0.696. The van der Waals surface area contributed by atoms with Gasteiger partial charge in [0.15, 0.2) is 0 Å². The van der Waals surface area contributed by atoms with Crippen LogP contribution >= 0.6 is 11.6 Å². The van der Waals surface area contributed by atoms with E-state index in [0.717, 1.165) is 22.3 Å². The van der Waals surface area contributed by atoms with E-state index in [9.17, 15) is 0 Å². The lowest BCUT2D eigenvalue weighted by Gasteiger charge is -2.02.